The van der Waals surface area contributed by atoms with Crippen LogP contribution in [0.4, 0.5) is 0 Å². The number of methoxy groups -OCH3 is 4. The molecule has 0 fully saturated rings. The van der Waals surface area contributed by atoms with Crippen LogP contribution in [0.25, 0.3) is 0 Å². The van der Waals surface area contributed by atoms with Gasteiger partial charge >= 0.3 is 0 Å². The minimum Gasteiger partial charge on any atom is -0.497 e. The third kappa shape index (κ3) is 7.94. The second-order valence-corrected chi connectivity index (χ2v) is 6.71. The van der Waals surface area contributed by atoms with Gasteiger partial charge in [-0.2, -0.15) is 0 Å². The number of aliphatic imine (C=N–C) groups is 1. The molecule has 0 aliphatic carbocycles. The molecule has 2 rings (SSSR count). The number of rotatable bonds is 11. The van der Waals surface area contributed by atoms with E-state index in [9.17, 15) is 5.11 Å². The summed E-state index contributed by atoms with van der Waals surface area (Å²) in [4.78, 5) is 4.52. The largest absolute Gasteiger partial charge is 0.497 e. The van der Waals surface area contributed by atoms with Gasteiger partial charge in [0.1, 0.15) is 17.6 Å². The third-order valence-electron chi connectivity index (χ3n) is 4.72. The standard InChI is InChI=1S/C23H33N3O5.HI/c1-6-24-23(25-12-11-16-7-9-21(30-4)22(13-16)31-5)26-15-19(27)18-14-17(28-2)8-10-20(18)29-3;/h7-10,13-14,19,27H,6,11-12,15H2,1-5H3,(H2,24,25,26);1H. The second kappa shape index (κ2) is 14.6. The Morgan fingerprint density at radius 2 is 1.59 bits per heavy atom. The van der Waals surface area contributed by atoms with Crippen LogP contribution in [0.15, 0.2) is 41.4 Å². The van der Waals surface area contributed by atoms with Crippen molar-refractivity contribution in [3.8, 4) is 23.0 Å². The summed E-state index contributed by atoms with van der Waals surface area (Å²) in [7, 11) is 6.40. The van der Waals surface area contributed by atoms with E-state index in [1.807, 2.05) is 25.1 Å². The molecule has 0 saturated heterocycles. The lowest BCUT2D eigenvalue weighted by molar-refractivity contribution is 0.182. The van der Waals surface area contributed by atoms with E-state index in [1.54, 1.807) is 46.6 Å². The van der Waals surface area contributed by atoms with E-state index in [0.717, 1.165) is 12.0 Å². The summed E-state index contributed by atoms with van der Waals surface area (Å²) in [6, 6.07) is 11.2. The highest BCUT2D eigenvalue weighted by Crippen LogP contribution is 2.29. The minimum atomic E-state index is -0.827. The lowest BCUT2D eigenvalue weighted by Crippen LogP contribution is -2.38. The first kappa shape index (κ1) is 27.6. The number of ether oxygens (including phenoxy) is 4. The van der Waals surface area contributed by atoms with Crippen LogP contribution in [-0.4, -0.2) is 59.1 Å². The van der Waals surface area contributed by atoms with Gasteiger partial charge in [0.2, 0.25) is 0 Å². The molecule has 2 aromatic rings. The lowest BCUT2D eigenvalue weighted by atomic mass is 10.1. The maximum Gasteiger partial charge on any atom is 0.191 e. The predicted molar refractivity (Wildman–Crippen MR) is 137 cm³/mol. The Balaban J connectivity index is 0.00000512. The molecule has 0 bridgehead atoms. The first-order valence-electron chi connectivity index (χ1n) is 10.2. The van der Waals surface area contributed by atoms with Crippen LogP contribution in [0.3, 0.4) is 0 Å². The van der Waals surface area contributed by atoms with Gasteiger partial charge in [-0.05, 0) is 49.2 Å². The van der Waals surface area contributed by atoms with E-state index >= 15 is 0 Å². The topological polar surface area (TPSA) is 93.6 Å². The molecular formula is C23H34IN3O5. The van der Waals surface area contributed by atoms with Crippen molar-refractivity contribution in [3.63, 3.8) is 0 Å². The average Bonchev–Trinajstić information content (AvgIpc) is 2.81. The Morgan fingerprint density at radius 1 is 0.906 bits per heavy atom. The van der Waals surface area contributed by atoms with Crippen molar-refractivity contribution >= 4 is 29.9 Å². The molecule has 0 aliphatic heterocycles. The summed E-state index contributed by atoms with van der Waals surface area (Å²) in [5.74, 6) is 3.28. The van der Waals surface area contributed by atoms with Gasteiger partial charge in [-0.3, -0.25) is 4.99 Å². The van der Waals surface area contributed by atoms with E-state index in [1.165, 1.54) is 0 Å². The van der Waals surface area contributed by atoms with Crippen LogP contribution in [0.1, 0.15) is 24.2 Å². The lowest BCUT2D eigenvalue weighted by Gasteiger charge is -2.16. The fraction of sp³-hybridized carbons (Fsp3) is 0.435. The van der Waals surface area contributed by atoms with Crippen molar-refractivity contribution in [2.24, 2.45) is 4.99 Å². The Bertz CT molecular complexity index is 864. The van der Waals surface area contributed by atoms with Gasteiger partial charge in [-0.15, -0.1) is 24.0 Å². The molecule has 0 amide bonds. The zero-order valence-corrected chi connectivity index (χ0v) is 21.6. The number of guanidine groups is 1. The van der Waals surface area contributed by atoms with E-state index in [-0.39, 0.29) is 30.5 Å². The molecule has 0 heterocycles. The summed E-state index contributed by atoms with van der Waals surface area (Å²) in [6.45, 7) is 3.54. The van der Waals surface area contributed by atoms with Gasteiger partial charge in [-0.25, -0.2) is 0 Å². The molecule has 8 nitrogen and oxygen atoms in total. The Hall–Kier alpha value is -2.40. The van der Waals surface area contributed by atoms with Crippen LogP contribution in [0.5, 0.6) is 23.0 Å². The van der Waals surface area contributed by atoms with E-state index < -0.39 is 6.10 Å². The van der Waals surface area contributed by atoms with Crippen molar-refractivity contribution in [1.82, 2.24) is 10.6 Å². The van der Waals surface area contributed by atoms with Crippen LogP contribution in [-0.2, 0) is 6.42 Å². The Kier molecular flexibility index (Phi) is 12.6. The summed E-state index contributed by atoms with van der Waals surface area (Å²) < 4.78 is 21.2. The number of aliphatic hydroxyl groups excluding tert-OH is 1. The van der Waals surface area contributed by atoms with Crippen LogP contribution in [0.2, 0.25) is 0 Å². The van der Waals surface area contributed by atoms with E-state index in [4.69, 9.17) is 18.9 Å². The van der Waals surface area contributed by atoms with Crippen LogP contribution in [0, 0.1) is 0 Å². The smallest absolute Gasteiger partial charge is 0.191 e. The molecule has 178 valence electrons. The maximum absolute atomic E-state index is 10.7. The zero-order chi connectivity index (χ0) is 22.6. The first-order chi connectivity index (χ1) is 15.1. The molecule has 0 aromatic heterocycles. The molecule has 1 unspecified atom stereocenters. The molecule has 0 aliphatic rings. The fourth-order valence-corrected chi connectivity index (χ4v) is 3.08. The summed E-state index contributed by atoms with van der Waals surface area (Å²) in [5, 5.41) is 17.1. The highest BCUT2D eigenvalue weighted by atomic mass is 127. The molecular weight excluding hydrogens is 525 g/mol. The van der Waals surface area contributed by atoms with Gasteiger partial charge in [0, 0.05) is 18.7 Å². The van der Waals surface area contributed by atoms with Crippen LogP contribution < -0.4 is 29.6 Å². The van der Waals surface area contributed by atoms with Crippen molar-refractivity contribution in [2.75, 3.05) is 48.1 Å². The molecule has 0 saturated carbocycles. The number of nitrogens with one attached hydrogen (secondary N) is 2. The molecule has 32 heavy (non-hydrogen) atoms. The van der Waals surface area contributed by atoms with Crippen molar-refractivity contribution in [2.45, 2.75) is 19.4 Å². The third-order valence-corrected chi connectivity index (χ3v) is 4.72. The normalized spacial score (nSPS) is 11.8. The highest BCUT2D eigenvalue weighted by molar-refractivity contribution is 14.0. The number of aliphatic hydroxyl groups is 1. The summed E-state index contributed by atoms with van der Waals surface area (Å²) in [6.07, 6.45) is -0.0526. The monoisotopic (exact) mass is 559 g/mol. The highest BCUT2D eigenvalue weighted by Gasteiger charge is 2.15. The average molecular weight is 559 g/mol. The minimum absolute atomic E-state index is 0. The van der Waals surface area contributed by atoms with E-state index in [2.05, 4.69) is 15.6 Å². The number of hydrogen-bond acceptors (Lipinski definition) is 6. The maximum atomic E-state index is 10.7. The van der Waals surface area contributed by atoms with Crippen molar-refractivity contribution < 1.29 is 24.1 Å². The molecule has 0 spiro atoms. The van der Waals surface area contributed by atoms with Gasteiger partial charge in [0.25, 0.3) is 0 Å². The molecule has 0 radical (unpaired) electrons. The van der Waals surface area contributed by atoms with Crippen molar-refractivity contribution in [3.05, 3.63) is 47.5 Å². The fourth-order valence-electron chi connectivity index (χ4n) is 3.08. The molecule has 3 N–H and O–H groups in total. The SMILES string of the molecule is CCNC(=NCC(O)c1cc(OC)ccc1OC)NCCc1ccc(OC)c(OC)c1.I. The van der Waals surface area contributed by atoms with Crippen molar-refractivity contribution in [1.29, 1.82) is 0 Å². The van der Waals surface area contributed by atoms with Gasteiger partial charge < -0.3 is 34.7 Å². The quantitative estimate of drug-likeness (QED) is 0.221. The number of halogens is 1. The van der Waals surface area contributed by atoms with Crippen LogP contribution >= 0.6 is 24.0 Å². The summed E-state index contributed by atoms with van der Waals surface area (Å²) in [5.41, 5.74) is 1.74. The van der Waals surface area contributed by atoms with Gasteiger partial charge in [-0.1, -0.05) is 6.07 Å². The van der Waals surface area contributed by atoms with Gasteiger partial charge in [0.05, 0.1) is 35.0 Å². The summed E-state index contributed by atoms with van der Waals surface area (Å²) >= 11 is 0. The Labute approximate surface area is 207 Å². The molecule has 2 aromatic carbocycles. The Morgan fingerprint density at radius 3 is 2.22 bits per heavy atom. The molecule has 9 heteroatoms. The second-order valence-electron chi connectivity index (χ2n) is 6.71. The first-order valence-corrected chi connectivity index (χ1v) is 10.2. The van der Waals surface area contributed by atoms with Gasteiger partial charge in [0.15, 0.2) is 17.5 Å². The number of nitrogens with zero attached hydrogens (tertiary/aromatic N) is 1. The number of benzene rings is 2. The molecule has 1 atom stereocenters. The van der Waals surface area contributed by atoms with E-state index in [0.29, 0.717) is 47.6 Å². The number of hydrogen-bond donors (Lipinski definition) is 3. The zero-order valence-electron chi connectivity index (χ0n) is 19.3. The predicted octanol–water partition coefficient (Wildman–Crippen LogP) is 3.17.